The van der Waals surface area contributed by atoms with Crippen LogP contribution in [0.1, 0.15) is 50.6 Å². The van der Waals surface area contributed by atoms with Crippen molar-refractivity contribution in [1.29, 1.82) is 0 Å². The van der Waals surface area contributed by atoms with Gasteiger partial charge in [-0.15, -0.1) is 0 Å². The van der Waals surface area contributed by atoms with E-state index in [0.29, 0.717) is 0 Å². The molecule has 5 nitrogen and oxygen atoms in total. The highest BCUT2D eigenvalue weighted by atomic mass is 16.2. The molecule has 1 aliphatic heterocycles. The monoisotopic (exact) mass is 304 g/mol. The standard InChI is InChI=1S/C17H28N4O/c1-14-12-18-21(13-14)15(2)17(22)20-9-5-8-19(10-11-20)16-6-3-4-7-16/h12-13,15-16H,3-11H2,1-2H3. The molecule has 0 aromatic carbocycles. The second-order valence-electron chi connectivity index (χ2n) is 6.83. The molecule has 2 heterocycles. The number of aryl methyl sites for hydroxylation is 1. The maximum absolute atomic E-state index is 12.7. The van der Waals surface area contributed by atoms with Gasteiger partial charge in [-0.2, -0.15) is 5.10 Å². The summed E-state index contributed by atoms with van der Waals surface area (Å²) < 4.78 is 1.79. The van der Waals surface area contributed by atoms with Crippen molar-refractivity contribution < 1.29 is 4.79 Å². The van der Waals surface area contributed by atoms with Gasteiger partial charge < -0.3 is 4.90 Å². The topological polar surface area (TPSA) is 41.4 Å². The summed E-state index contributed by atoms with van der Waals surface area (Å²) >= 11 is 0. The van der Waals surface area contributed by atoms with Crippen molar-refractivity contribution in [2.75, 3.05) is 26.2 Å². The molecular formula is C17H28N4O. The Morgan fingerprint density at radius 3 is 2.64 bits per heavy atom. The van der Waals surface area contributed by atoms with Crippen LogP contribution in [-0.4, -0.2) is 57.7 Å². The van der Waals surface area contributed by atoms with Gasteiger partial charge in [-0.3, -0.25) is 14.4 Å². The number of hydrogen-bond acceptors (Lipinski definition) is 3. The molecule has 2 aliphatic rings. The molecule has 2 fully saturated rings. The van der Waals surface area contributed by atoms with Crippen molar-refractivity contribution in [3.05, 3.63) is 18.0 Å². The van der Waals surface area contributed by atoms with Gasteiger partial charge in [0.15, 0.2) is 0 Å². The first-order valence-corrected chi connectivity index (χ1v) is 8.69. The third kappa shape index (κ3) is 3.35. The number of carbonyl (C=O) groups is 1. The number of rotatable bonds is 3. The van der Waals surface area contributed by atoms with Gasteiger partial charge in [0.2, 0.25) is 5.91 Å². The van der Waals surface area contributed by atoms with E-state index in [1.807, 2.05) is 31.1 Å². The Labute approximate surface area is 133 Å². The molecule has 1 aromatic heterocycles. The first-order valence-electron chi connectivity index (χ1n) is 8.69. The smallest absolute Gasteiger partial charge is 0.247 e. The summed E-state index contributed by atoms with van der Waals surface area (Å²) in [5.41, 5.74) is 1.10. The molecule has 5 heteroatoms. The zero-order chi connectivity index (χ0) is 15.5. The van der Waals surface area contributed by atoms with Crippen LogP contribution in [0.5, 0.6) is 0 Å². The van der Waals surface area contributed by atoms with Gasteiger partial charge in [-0.1, -0.05) is 12.8 Å². The van der Waals surface area contributed by atoms with E-state index < -0.39 is 0 Å². The first-order chi connectivity index (χ1) is 10.6. The quantitative estimate of drug-likeness (QED) is 0.860. The molecule has 1 atom stereocenters. The van der Waals surface area contributed by atoms with E-state index in [4.69, 9.17) is 0 Å². The molecule has 0 radical (unpaired) electrons. The highest BCUT2D eigenvalue weighted by molar-refractivity contribution is 5.80. The third-order valence-electron chi connectivity index (χ3n) is 5.17. The van der Waals surface area contributed by atoms with Crippen LogP contribution in [0.25, 0.3) is 0 Å². The Hall–Kier alpha value is -1.36. The second kappa shape index (κ2) is 6.82. The van der Waals surface area contributed by atoms with Gasteiger partial charge in [0.05, 0.1) is 6.20 Å². The predicted molar refractivity (Wildman–Crippen MR) is 86.7 cm³/mol. The molecule has 0 bridgehead atoms. The van der Waals surface area contributed by atoms with E-state index in [1.54, 1.807) is 4.68 Å². The molecule has 0 N–H and O–H groups in total. The molecule has 1 aliphatic carbocycles. The lowest BCUT2D eigenvalue weighted by atomic mass is 10.2. The van der Waals surface area contributed by atoms with Crippen LogP contribution in [-0.2, 0) is 4.79 Å². The summed E-state index contributed by atoms with van der Waals surface area (Å²) in [4.78, 5) is 17.4. The van der Waals surface area contributed by atoms with Crippen molar-refractivity contribution in [2.24, 2.45) is 0 Å². The third-order valence-corrected chi connectivity index (χ3v) is 5.17. The molecule has 1 amide bonds. The van der Waals surface area contributed by atoms with E-state index in [-0.39, 0.29) is 11.9 Å². The molecule has 1 aromatic rings. The van der Waals surface area contributed by atoms with Gasteiger partial charge >= 0.3 is 0 Å². The summed E-state index contributed by atoms with van der Waals surface area (Å²) in [6, 6.07) is 0.563. The van der Waals surface area contributed by atoms with Crippen LogP contribution in [0.3, 0.4) is 0 Å². The number of hydrogen-bond donors (Lipinski definition) is 0. The fraction of sp³-hybridized carbons (Fsp3) is 0.765. The largest absolute Gasteiger partial charge is 0.340 e. The lowest BCUT2D eigenvalue weighted by molar-refractivity contribution is -0.134. The van der Waals surface area contributed by atoms with E-state index in [0.717, 1.165) is 44.2 Å². The Bertz CT molecular complexity index is 507. The number of amides is 1. The highest BCUT2D eigenvalue weighted by Crippen LogP contribution is 2.24. The number of carbonyl (C=O) groups excluding carboxylic acids is 1. The second-order valence-corrected chi connectivity index (χ2v) is 6.83. The van der Waals surface area contributed by atoms with Gasteiger partial charge in [0, 0.05) is 38.4 Å². The van der Waals surface area contributed by atoms with E-state index in [9.17, 15) is 4.79 Å². The van der Waals surface area contributed by atoms with Crippen molar-refractivity contribution >= 4 is 5.91 Å². The summed E-state index contributed by atoms with van der Waals surface area (Å²) in [6.07, 6.45) is 10.3. The van der Waals surface area contributed by atoms with E-state index in [2.05, 4.69) is 10.00 Å². The van der Waals surface area contributed by atoms with Crippen molar-refractivity contribution in [3.63, 3.8) is 0 Å². The SMILES string of the molecule is Cc1cnn(C(C)C(=O)N2CCCN(C3CCCC3)CC2)c1. The Kier molecular flexibility index (Phi) is 4.81. The minimum absolute atomic E-state index is 0.202. The van der Waals surface area contributed by atoms with Crippen LogP contribution < -0.4 is 0 Å². The van der Waals surface area contributed by atoms with Crippen molar-refractivity contribution in [3.8, 4) is 0 Å². The molecule has 122 valence electrons. The molecule has 1 saturated heterocycles. The van der Waals surface area contributed by atoms with Gasteiger partial charge in [-0.25, -0.2) is 0 Å². The minimum atomic E-state index is -0.202. The molecule has 3 rings (SSSR count). The maximum atomic E-state index is 12.7. The predicted octanol–water partition coefficient (Wildman–Crippen LogP) is 2.23. The lowest BCUT2D eigenvalue weighted by Gasteiger charge is -2.28. The lowest BCUT2D eigenvalue weighted by Crippen LogP contribution is -2.40. The highest BCUT2D eigenvalue weighted by Gasteiger charge is 2.28. The minimum Gasteiger partial charge on any atom is -0.340 e. The zero-order valence-corrected chi connectivity index (χ0v) is 13.9. The van der Waals surface area contributed by atoms with Crippen LogP contribution >= 0.6 is 0 Å². The summed E-state index contributed by atoms with van der Waals surface area (Å²) in [6.45, 7) is 7.87. The summed E-state index contributed by atoms with van der Waals surface area (Å²) in [5, 5.41) is 4.29. The van der Waals surface area contributed by atoms with Crippen LogP contribution in [0.15, 0.2) is 12.4 Å². The van der Waals surface area contributed by atoms with Crippen LogP contribution in [0.2, 0.25) is 0 Å². The average molecular weight is 304 g/mol. The Morgan fingerprint density at radius 2 is 1.95 bits per heavy atom. The van der Waals surface area contributed by atoms with Crippen molar-refractivity contribution in [1.82, 2.24) is 19.6 Å². The van der Waals surface area contributed by atoms with Crippen LogP contribution in [0.4, 0.5) is 0 Å². The first kappa shape index (κ1) is 15.5. The zero-order valence-electron chi connectivity index (χ0n) is 13.9. The fourth-order valence-electron chi connectivity index (χ4n) is 3.81. The van der Waals surface area contributed by atoms with Crippen molar-refractivity contribution in [2.45, 2.75) is 58.0 Å². The maximum Gasteiger partial charge on any atom is 0.247 e. The molecule has 1 saturated carbocycles. The molecular weight excluding hydrogens is 276 g/mol. The average Bonchev–Trinajstić information content (AvgIpc) is 3.13. The molecule has 0 spiro atoms. The molecule has 1 unspecified atom stereocenters. The van der Waals surface area contributed by atoms with Crippen LogP contribution in [0, 0.1) is 6.92 Å². The Balaban J connectivity index is 1.59. The molecule has 22 heavy (non-hydrogen) atoms. The fourth-order valence-corrected chi connectivity index (χ4v) is 3.81. The van der Waals surface area contributed by atoms with Gasteiger partial charge in [0.25, 0.3) is 0 Å². The number of nitrogens with zero attached hydrogens (tertiary/aromatic N) is 4. The van der Waals surface area contributed by atoms with E-state index in [1.165, 1.54) is 25.7 Å². The van der Waals surface area contributed by atoms with Gasteiger partial charge in [-0.05, 0) is 38.7 Å². The Morgan fingerprint density at radius 1 is 1.18 bits per heavy atom. The summed E-state index contributed by atoms with van der Waals surface area (Å²) in [7, 11) is 0. The number of aromatic nitrogens is 2. The summed E-state index contributed by atoms with van der Waals surface area (Å²) in [5.74, 6) is 0.205. The van der Waals surface area contributed by atoms with Gasteiger partial charge in [0.1, 0.15) is 6.04 Å². The van der Waals surface area contributed by atoms with E-state index >= 15 is 0 Å². The normalized spacial score (nSPS) is 22.7.